The van der Waals surface area contributed by atoms with Crippen LogP contribution in [0.3, 0.4) is 0 Å². The maximum absolute atomic E-state index is 5.17. The third kappa shape index (κ3) is 1.36. The summed E-state index contributed by atoms with van der Waals surface area (Å²) in [7, 11) is 0. The minimum Gasteiger partial charge on any atom is -0.461 e. The predicted octanol–water partition coefficient (Wildman–Crippen LogP) is 2.28. The van der Waals surface area contributed by atoms with Crippen molar-refractivity contribution in [2.75, 3.05) is 0 Å². The molecular formula is C11H7N3O. The second-order valence-corrected chi connectivity index (χ2v) is 3.11. The molecule has 0 spiro atoms. The van der Waals surface area contributed by atoms with Crippen LogP contribution in [0.2, 0.25) is 0 Å². The first kappa shape index (κ1) is 8.11. The molecule has 3 rings (SSSR count). The molecule has 0 aliphatic rings. The van der Waals surface area contributed by atoms with Crippen LogP contribution in [0.4, 0.5) is 0 Å². The van der Waals surface area contributed by atoms with Crippen LogP contribution in [0.15, 0.2) is 47.5 Å². The SMILES string of the molecule is c1cncc(-c2ncc3occc3n2)c1. The standard InChI is InChI=1S/C11H7N3O/c1-2-8(6-12-4-1)11-13-7-10-9(14-11)3-5-15-10/h1-7H. The van der Waals surface area contributed by atoms with Crippen molar-refractivity contribution in [2.24, 2.45) is 0 Å². The first-order chi connectivity index (χ1) is 7.43. The Hall–Kier alpha value is -2.23. The number of rotatable bonds is 1. The molecule has 0 saturated carbocycles. The number of fused-ring (bicyclic) bond motifs is 1. The van der Waals surface area contributed by atoms with Crippen molar-refractivity contribution in [3.8, 4) is 11.4 Å². The number of hydrogen-bond donors (Lipinski definition) is 0. The van der Waals surface area contributed by atoms with E-state index in [-0.39, 0.29) is 0 Å². The zero-order valence-electron chi connectivity index (χ0n) is 7.79. The number of nitrogens with zero attached hydrogens (tertiary/aromatic N) is 3. The predicted molar refractivity (Wildman–Crippen MR) is 55.0 cm³/mol. The molecule has 0 atom stereocenters. The van der Waals surface area contributed by atoms with Gasteiger partial charge in [0.15, 0.2) is 11.4 Å². The van der Waals surface area contributed by atoms with E-state index >= 15 is 0 Å². The van der Waals surface area contributed by atoms with Crippen molar-refractivity contribution in [1.82, 2.24) is 15.0 Å². The van der Waals surface area contributed by atoms with Crippen LogP contribution in [0.25, 0.3) is 22.5 Å². The molecule has 0 aromatic carbocycles. The van der Waals surface area contributed by atoms with Crippen molar-refractivity contribution in [3.05, 3.63) is 43.1 Å². The number of pyridine rings is 1. The summed E-state index contributed by atoms with van der Waals surface area (Å²) < 4.78 is 5.17. The number of aromatic nitrogens is 3. The molecule has 0 fully saturated rings. The third-order valence-electron chi connectivity index (χ3n) is 2.12. The van der Waals surface area contributed by atoms with Crippen LogP contribution >= 0.6 is 0 Å². The third-order valence-corrected chi connectivity index (χ3v) is 2.12. The van der Waals surface area contributed by atoms with Gasteiger partial charge in [0, 0.05) is 24.0 Å². The van der Waals surface area contributed by atoms with Crippen molar-refractivity contribution in [1.29, 1.82) is 0 Å². The Bertz CT molecular complexity index is 589. The lowest BCUT2D eigenvalue weighted by Gasteiger charge is -1.97. The Balaban J connectivity index is 2.19. The fraction of sp³-hybridized carbons (Fsp3) is 0. The quantitative estimate of drug-likeness (QED) is 0.600. The zero-order valence-corrected chi connectivity index (χ0v) is 7.79. The van der Waals surface area contributed by atoms with E-state index in [1.54, 1.807) is 24.9 Å². The Morgan fingerprint density at radius 3 is 3.00 bits per heavy atom. The van der Waals surface area contributed by atoms with Crippen molar-refractivity contribution in [3.63, 3.8) is 0 Å². The lowest BCUT2D eigenvalue weighted by atomic mass is 10.2. The van der Waals surface area contributed by atoms with E-state index in [9.17, 15) is 0 Å². The topological polar surface area (TPSA) is 51.8 Å². The molecule has 0 amide bonds. The van der Waals surface area contributed by atoms with Gasteiger partial charge in [0.05, 0.1) is 12.5 Å². The van der Waals surface area contributed by atoms with Gasteiger partial charge in [-0.2, -0.15) is 0 Å². The van der Waals surface area contributed by atoms with E-state index in [1.165, 1.54) is 0 Å². The highest BCUT2D eigenvalue weighted by atomic mass is 16.3. The van der Waals surface area contributed by atoms with Crippen molar-refractivity contribution >= 4 is 11.1 Å². The largest absolute Gasteiger partial charge is 0.461 e. The van der Waals surface area contributed by atoms with E-state index in [0.29, 0.717) is 11.4 Å². The van der Waals surface area contributed by atoms with Crippen molar-refractivity contribution < 1.29 is 4.42 Å². The molecule has 15 heavy (non-hydrogen) atoms. The summed E-state index contributed by atoms with van der Waals surface area (Å²) in [5, 5.41) is 0. The van der Waals surface area contributed by atoms with Crippen molar-refractivity contribution in [2.45, 2.75) is 0 Å². The number of hydrogen-bond acceptors (Lipinski definition) is 4. The molecular weight excluding hydrogens is 190 g/mol. The fourth-order valence-electron chi connectivity index (χ4n) is 1.40. The van der Waals surface area contributed by atoms with E-state index in [2.05, 4.69) is 15.0 Å². The van der Waals surface area contributed by atoms with Gasteiger partial charge in [-0.3, -0.25) is 4.98 Å². The molecule has 4 heteroatoms. The minimum atomic E-state index is 0.664. The normalized spacial score (nSPS) is 10.7. The highest BCUT2D eigenvalue weighted by Crippen LogP contribution is 2.17. The Morgan fingerprint density at radius 2 is 2.13 bits per heavy atom. The van der Waals surface area contributed by atoms with Gasteiger partial charge in [-0.1, -0.05) is 0 Å². The Kier molecular flexibility index (Phi) is 1.71. The van der Waals surface area contributed by atoms with Gasteiger partial charge < -0.3 is 4.42 Å². The summed E-state index contributed by atoms with van der Waals surface area (Å²) in [4.78, 5) is 12.6. The van der Waals surface area contributed by atoms with E-state index in [0.717, 1.165) is 11.1 Å². The first-order valence-electron chi connectivity index (χ1n) is 4.54. The molecule has 0 bridgehead atoms. The van der Waals surface area contributed by atoms with Crippen LogP contribution in [-0.2, 0) is 0 Å². The monoisotopic (exact) mass is 197 g/mol. The molecule has 4 nitrogen and oxygen atoms in total. The Labute approximate surface area is 85.6 Å². The van der Waals surface area contributed by atoms with Gasteiger partial charge in [-0.15, -0.1) is 0 Å². The smallest absolute Gasteiger partial charge is 0.170 e. The van der Waals surface area contributed by atoms with Gasteiger partial charge in [-0.05, 0) is 12.1 Å². The van der Waals surface area contributed by atoms with Crippen LogP contribution in [0, 0.1) is 0 Å². The first-order valence-corrected chi connectivity index (χ1v) is 4.54. The van der Waals surface area contributed by atoms with E-state index in [4.69, 9.17) is 4.42 Å². The molecule has 0 radical (unpaired) electrons. The average Bonchev–Trinajstić information content (AvgIpc) is 2.77. The molecule has 0 unspecified atom stereocenters. The van der Waals surface area contributed by atoms with Crippen LogP contribution in [0.1, 0.15) is 0 Å². The molecule has 0 aliphatic heterocycles. The second-order valence-electron chi connectivity index (χ2n) is 3.11. The van der Waals surface area contributed by atoms with E-state index in [1.807, 2.05) is 18.2 Å². The lowest BCUT2D eigenvalue weighted by molar-refractivity contribution is 0.613. The lowest BCUT2D eigenvalue weighted by Crippen LogP contribution is -1.88. The number of furan rings is 1. The second kappa shape index (κ2) is 3.16. The fourth-order valence-corrected chi connectivity index (χ4v) is 1.40. The molecule has 0 saturated heterocycles. The summed E-state index contributed by atoms with van der Waals surface area (Å²) in [5.41, 5.74) is 2.41. The molecule has 0 N–H and O–H groups in total. The summed E-state index contributed by atoms with van der Waals surface area (Å²) in [6.07, 6.45) is 6.73. The molecule has 3 heterocycles. The molecule has 0 aliphatic carbocycles. The van der Waals surface area contributed by atoms with Gasteiger partial charge in [0.1, 0.15) is 5.52 Å². The summed E-state index contributed by atoms with van der Waals surface area (Å²) in [5.74, 6) is 0.664. The average molecular weight is 197 g/mol. The van der Waals surface area contributed by atoms with Crippen LogP contribution < -0.4 is 0 Å². The molecule has 3 aromatic rings. The highest BCUT2D eigenvalue weighted by Gasteiger charge is 2.03. The van der Waals surface area contributed by atoms with Gasteiger partial charge >= 0.3 is 0 Å². The van der Waals surface area contributed by atoms with Crippen LogP contribution in [-0.4, -0.2) is 15.0 Å². The van der Waals surface area contributed by atoms with Crippen LogP contribution in [0.5, 0.6) is 0 Å². The maximum Gasteiger partial charge on any atom is 0.170 e. The zero-order chi connectivity index (χ0) is 10.1. The molecule has 72 valence electrons. The van der Waals surface area contributed by atoms with Gasteiger partial charge in [0.25, 0.3) is 0 Å². The minimum absolute atomic E-state index is 0.664. The van der Waals surface area contributed by atoms with Gasteiger partial charge in [0.2, 0.25) is 0 Å². The summed E-state index contributed by atoms with van der Waals surface area (Å²) >= 11 is 0. The molecule has 3 aromatic heterocycles. The highest BCUT2D eigenvalue weighted by molar-refractivity contribution is 5.73. The van der Waals surface area contributed by atoms with Gasteiger partial charge in [-0.25, -0.2) is 9.97 Å². The Morgan fingerprint density at radius 1 is 1.13 bits per heavy atom. The summed E-state index contributed by atoms with van der Waals surface area (Å²) in [6, 6.07) is 5.60. The maximum atomic E-state index is 5.17. The van der Waals surface area contributed by atoms with E-state index < -0.39 is 0 Å². The summed E-state index contributed by atoms with van der Waals surface area (Å²) in [6.45, 7) is 0.